The second-order valence-corrected chi connectivity index (χ2v) is 4.61. The van der Waals surface area contributed by atoms with Crippen molar-refractivity contribution in [3.8, 4) is 5.69 Å². The predicted octanol–water partition coefficient (Wildman–Crippen LogP) is 1.28. The standard InChI is InChI=1S/C12H10BrN3O3/c13-9-5-15-16(6-9)10-3-1-8(2-4-10)12(18)19-7-11(14)17/h1-6H,7H2,(H2,14,17). The number of amides is 1. The molecule has 2 rings (SSSR count). The lowest BCUT2D eigenvalue weighted by Gasteiger charge is -2.04. The zero-order chi connectivity index (χ0) is 13.8. The highest BCUT2D eigenvalue weighted by atomic mass is 79.9. The molecular weight excluding hydrogens is 314 g/mol. The highest BCUT2D eigenvalue weighted by molar-refractivity contribution is 9.10. The molecule has 0 spiro atoms. The van der Waals surface area contributed by atoms with E-state index in [2.05, 4.69) is 21.0 Å². The van der Waals surface area contributed by atoms with E-state index >= 15 is 0 Å². The van der Waals surface area contributed by atoms with Crippen molar-refractivity contribution in [1.29, 1.82) is 0 Å². The number of esters is 1. The minimum Gasteiger partial charge on any atom is -0.452 e. The molecule has 7 heteroatoms. The van der Waals surface area contributed by atoms with E-state index in [0.717, 1.165) is 10.2 Å². The van der Waals surface area contributed by atoms with Gasteiger partial charge < -0.3 is 10.5 Å². The van der Waals surface area contributed by atoms with Gasteiger partial charge in [0.25, 0.3) is 5.91 Å². The number of hydrogen-bond donors (Lipinski definition) is 1. The number of carbonyl (C=O) groups excluding carboxylic acids is 2. The lowest BCUT2D eigenvalue weighted by atomic mass is 10.2. The van der Waals surface area contributed by atoms with Crippen LogP contribution >= 0.6 is 15.9 Å². The van der Waals surface area contributed by atoms with Gasteiger partial charge in [-0.2, -0.15) is 5.10 Å². The van der Waals surface area contributed by atoms with E-state index in [9.17, 15) is 9.59 Å². The fourth-order valence-corrected chi connectivity index (χ4v) is 1.70. The van der Waals surface area contributed by atoms with Crippen molar-refractivity contribution < 1.29 is 14.3 Å². The first kappa shape index (κ1) is 13.3. The molecule has 0 saturated heterocycles. The molecule has 2 N–H and O–H groups in total. The van der Waals surface area contributed by atoms with E-state index in [1.165, 1.54) is 0 Å². The molecule has 1 aromatic carbocycles. The first-order chi connectivity index (χ1) is 9.06. The summed E-state index contributed by atoms with van der Waals surface area (Å²) in [4.78, 5) is 22.0. The highest BCUT2D eigenvalue weighted by Gasteiger charge is 2.08. The van der Waals surface area contributed by atoms with Gasteiger partial charge in [-0.25, -0.2) is 9.48 Å². The number of benzene rings is 1. The van der Waals surface area contributed by atoms with Crippen LogP contribution in [-0.2, 0) is 9.53 Å². The molecule has 98 valence electrons. The Balaban J connectivity index is 2.10. The summed E-state index contributed by atoms with van der Waals surface area (Å²) in [5.74, 6) is -1.28. The third-order valence-electron chi connectivity index (χ3n) is 2.26. The van der Waals surface area contributed by atoms with Crippen molar-refractivity contribution >= 4 is 27.8 Å². The van der Waals surface area contributed by atoms with Crippen molar-refractivity contribution in [2.75, 3.05) is 6.61 Å². The van der Waals surface area contributed by atoms with Crippen LogP contribution in [0.1, 0.15) is 10.4 Å². The van der Waals surface area contributed by atoms with Crippen LogP contribution in [0.15, 0.2) is 41.1 Å². The Morgan fingerprint density at radius 1 is 1.32 bits per heavy atom. The monoisotopic (exact) mass is 323 g/mol. The van der Waals surface area contributed by atoms with Gasteiger partial charge in [0, 0.05) is 6.20 Å². The van der Waals surface area contributed by atoms with E-state index in [4.69, 9.17) is 10.5 Å². The zero-order valence-electron chi connectivity index (χ0n) is 9.75. The first-order valence-corrected chi connectivity index (χ1v) is 6.11. The van der Waals surface area contributed by atoms with Crippen LogP contribution in [0.3, 0.4) is 0 Å². The summed E-state index contributed by atoms with van der Waals surface area (Å²) in [6.45, 7) is -0.424. The van der Waals surface area contributed by atoms with Crippen molar-refractivity contribution in [3.05, 3.63) is 46.7 Å². The molecule has 0 atom stereocenters. The van der Waals surface area contributed by atoms with Gasteiger partial charge in [-0.3, -0.25) is 4.79 Å². The Hall–Kier alpha value is -2.15. The third kappa shape index (κ3) is 3.41. The molecule has 0 aliphatic heterocycles. The number of primary amides is 1. The van der Waals surface area contributed by atoms with Gasteiger partial charge in [0.2, 0.25) is 0 Å². The molecule has 0 aliphatic rings. The molecule has 0 unspecified atom stereocenters. The van der Waals surface area contributed by atoms with E-state index < -0.39 is 18.5 Å². The van der Waals surface area contributed by atoms with E-state index in [1.54, 1.807) is 41.3 Å². The van der Waals surface area contributed by atoms with Crippen LogP contribution in [0.25, 0.3) is 5.69 Å². The maximum Gasteiger partial charge on any atom is 0.338 e. The fraction of sp³-hybridized carbons (Fsp3) is 0.0833. The summed E-state index contributed by atoms with van der Waals surface area (Å²) in [6, 6.07) is 6.63. The Morgan fingerprint density at radius 2 is 2.00 bits per heavy atom. The summed E-state index contributed by atoms with van der Waals surface area (Å²) >= 11 is 3.30. The molecule has 0 radical (unpaired) electrons. The average Bonchev–Trinajstić information content (AvgIpc) is 2.83. The van der Waals surface area contributed by atoms with Crippen molar-refractivity contribution in [2.24, 2.45) is 5.73 Å². The summed E-state index contributed by atoms with van der Waals surface area (Å²) in [7, 11) is 0. The minimum atomic E-state index is -0.689. The highest BCUT2D eigenvalue weighted by Crippen LogP contribution is 2.13. The first-order valence-electron chi connectivity index (χ1n) is 5.32. The number of aromatic nitrogens is 2. The van der Waals surface area contributed by atoms with Crippen molar-refractivity contribution in [3.63, 3.8) is 0 Å². The van der Waals surface area contributed by atoms with Gasteiger partial charge >= 0.3 is 5.97 Å². The SMILES string of the molecule is NC(=O)COC(=O)c1ccc(-n2cc(Br)cn2)cc1. The van der Waals surface area contributed by atoms with E-state index in [0.29, 0.717) is 5.56 Å². The van der Waals surface area contributed by atoms with Crippen LogP contribution in [-0.4, -0.2) is 28.3 Å². The molecule has 2 aromatic rings. The molecule has 0 saturated carbocycles. The maximum absolute atomic E-state index is 11.5. The van der Waals surface area contributed by atoms with Gasteiger partial charge in [0.05, 0.1) is 21.9 Å². The normalized spacial score (nSPS) is 10.2. The Morgan fingerprint density at radius 3 is 2.53 bits per heavy atom. The lowest BCUT2D eigenvalue weighted by Crippen LogP contribution is -2.20. The number of nitrogens with zero attached hydrogens (tertiary/aromatic N) is 2. The number of ether oxygens (including phenoxy) is 1. The molecule has 0 bridgehead atoms. The van der Waals surface area contributed by atoms with Crippen LogP contribution in [0.4, 0.5) is 0 Å². The number of carbonyl (C=O) groups is 2. The van der Waals surface area contributed by atoms with Crippen molar-refractivity contribution in [1.82, 2.24) is 9.78 Å². The molecule has 1 amide bonds. The van der Waals surface area contributed by atoms with Crippen LogP contribution in [0.5, 0.6) is 0 Å². The Kier molecular flexibility index (Phi) is 3.96. The fourth-order valence-electron chi connectivity index (χ4n) is 1.41. The number of rotatable bonds is 4. The van der Waals surface area contributed by atoms with Gasteiger partial charge in [-0.15, -0.1) is 0 Å². The summed E-state index contributed by atoms with van der Waals surface area (Å²) in [5.41, 5.74) is 6.04. The topological polar surface area (TPSA) is 87.2 Å². The van der Waals surface area contributed by atoms with Crippen LogP contribution in [0.2, 0.25) is 0 Å². The smallest absolute Gasteiger partial charge is 0.338 e. The van der Waals surface area contributed by atoms with Crippen LogP contribution < -0.4 is 5.73 Å². The molecule has 0 fully saturated rings. The van der Waals surface area contributed by atoms with Crippen LogP contribution in [0, 0.1) is 0 Å². The minimum absolute atomic E-state index is 0.344. The number of nitrogens with two attached hydrogens (primary N) is 1. The molecule has 19 heavy (non-hydrogen) atoms. The predicted molar refractivity (Wildman–Crippen MR) is 70.7 cm³/mol. The number of halogens is 1. The average molecular weight is 324 g/mol. The largest absolute Gasteiger partial charge is 0.452 e. The number of hydrogen-bond acceptors (Lipinski definition) is 4. The lowest BCUT2D eigenvalue weighted by molar-refractivity contribution is -0.121. The van der Waals surface area contributed by atoms with Gasteiger partial charge in [0.1, 0.15) is 0 Å². The van der Waals surface area contributed by atoms with Gasteiger partial charge in [0.15, 0.2) is 6.61 Å². The zero-order valence-corrected chi connectivity index (χ0v) is 11.3. The maximum atomic E-state index is 11.5. The quantitative estimate of drug-likeness (QED) is 0.858. The van der Waals surface area contributed by atoms with E-state index in [1.807, 2.05) is 0 Å². The second-order valence-electron chi connectivity index (χ2n) is 3.69. The van der Waals surface area contributed by atoms with Gasteiger partial charge in [-0.1, -0.05) is 0 Å². The molecule has 0 aliphatic carbocycles. The van der Waals surface area contributed by atoms with Gasteiger partial charge in [-0.05, 0) is 40.2 Å². The molecule has 1 aromatic heterocycles. The van der Waals surface area contributed by atoms with Crippen molar-refractivity contribution in [2.45, 2.75) is 0 Å². The molecule has 6 nitrogen and oxygen atoms in total. The molecule has 1 heterocycles. The Labute approximate surface area is 117 Å². The second kappa shape index (κ2) is 5.66. The summed E-state index contributed by atoms with van der Waals surface area (Å²) in [5, 5.41) is 4.11. The molecular formula is C12H10BrN3O3. The summed E-state index contributed by atoms with van der Waals surface area (Å²) in [6.07, 6.45) is 3.45. The third-order valence-corrected chi connectivity index (χ3v) is 2.67. The van der Waals surface area contributed by atoms with E-state index in [-0.39, 0.29) is 0 Å². The Bertz CT molecular complexity index is 607. The summed E-state index contributed by atoms with van der Waals surface area (Å²) < 4.78 is 7.21.